The molecule has 15 heavy (non-hydrogen) atoms. The summed E-state index contributed by atoms with van der Waals surface area (Å²) in [5, 5.41) is 0.778. The van der Waals surface area contributed by atoms with Gasteiger partial charge in [0.05, 0.1) is 0 Å². The minimum atomic E-state index is -0.191. The molecule has 0 aliphatic carbocycles. The second-order valence-electron chi connectivity index (χ2n) is 3.67. The molecule has 0 bridgehead atoms. The van der Waals surface area contributed by atoms with Crippen LogP contribution in [0, 0.1) is 11.7 Å². The van der Waals surface area contributed by atoms with Crippen molar-refractivity contribution < 1.29 is 4.39 Å². The second-order valence-corrected chi connectivity index (χ2v) is 5.15. The fourth-order valence-electron chi connectivity index (χ4n) is 1.18. The van der Waals surface area contributed by atoms with Crippen LogP contribution in [-0.2, 0) is 0 Å². The highest BCUT2D eigenvalue weighted by Crippen LogP contribution is 2.21. The van der Waals surface area contributed by atoms with Crippen LogP contribution in [0.3, 0.4) is 0 Å². The number of hydrogen-bond acceptors (Lipinski definition) is 0. The van der Waals surface area contributed by atoms with Crippen LogP contribution in [0.2, 0.25) is 0 Å². The molecule has 1 aromatic rings. The molecular weight excluding hydrogens is 323 g/mol. The van der Waals surface area contributed by atoms with Crippen molar-refractivity contribution in [3.8, 4) is 0 Å². The summed E-state index contributed by atoms with van der Waals surface area (Å²) in [6, 6.07) is 5.11. The fourth-order valence-corrected chi connectivity index (χ4v) is 2.32. The molecule has 1 aromatic carbocycles. The predicted octanol–water partition coefficient (Wildman–Crippen LogP) is 5.02. The highest BCUT2D eigenvalue weighted by atomic mass is 79.9. The zero-order valence-electron chi connectivity index (χ0n) is 8.73. The molecule has 0 unspecified atom stereocenters. The smallest absolute Gasteiger partial charge is 0.131 e. The number of halogens is 3. The van der Waals surface area contributed by atoms with Crippen LogP contribution in [0.5, 0.6) is 0 Å². The van der Waals surface area contributed by atoms with E-state index in [1.807, 2.05) is 12.1 Å². The van der Waals surface area contributed by atoms with Crippen molar-refractivity contribution in [1.82, 2.24) is 0 Å². The first-order valence-electron chi connectivity index (χ1n) is 4.76. The summed E-state index contributed by atoms with van der Waals surface area (Å²) in [5.74, 6) is 0.232. The van der Waals surface area contributed by atoms with Gasteiger partial charge in [-0.25, -0.2) is 4.39 Å². The van der Waals surface area contributed by atoms with Gasteiger partial charge < -0.3 is 0 Å². The molecule has 0 atom stereocenters. The van der Waals surface area contributed by atoms with E-state index >= 15 is 0 Å². The molecule has 3 heteroatoms. The maximum Gasteiger partial charge on any atom is 0.131 e. The Balaban J connectivity index is 3.06. The van der Waals surface area contributed by atoms with E-state index in [1.54, 1.807) is 6.07 Å². The number of hydrogen-bond donors (Lipinski definition) is 0. The van der Waals surface area contributed by atoms with Gasteiger partial charge in [0.1, 0.15) is 5.82 Å². The maximum atomic E-state index is 13.5. The Morgan fingerprint density at radius 3 is 2.60 bits per heavy atom. The molecule has 0 radical (unpaired) electrons. The van der Waals surface area contributed by atoms with Crippen molar-refractivity contribution in [2.75, 3.05) is 5.33 Å². The monoisotopic (exact) mass is 334 g/mol. The minimum absolute atomic E-state index is 0.191. The highest BCUT2D eigenvalue weighted by Gasteiger charge is 2.05. The van der Waals surface area contributed by atoms with Crippen LogP contribution >= 0.6 is 31.9 Å². The maximum absolute atomic E-state index is 13.5. The topological polar surface area (TPSA) is 0 Å². The average Bonchev–Trinajstić information content (AvgIpc) is 2.16. The Labute approximate surface area is 107 Å². The van der Waals surface area contributed by atoms with Gasteiger partial charge in [0, 0.05) is 15.4 Å². The highest BCUT2D eigenvalue weighted by molar-refractivity contribution is 9.10. The summed E-state index contributed by atoms with van der Waals surface area (Å²) < 4.78 is 14.3. The SMILES string of the molecule is CC(C)C(=Cc1ccc(Br)cc1F)CBr. The molecule has 0 amide bonds. The first kappa shape index (κ1) is 12.9. The normalized spacial score (nSPS) is 12.3. The Kier molecular flexibility index (Phi) is 5.00. The Morgan fingerprint density at radius 2 is 2.13 bits per heavy atom. The first-order chi connectivity index (χ1) is 7.04. The summed E-state index contributed by atoms with van der Waals surface area (Å²) in [6.07, 6.45) is 1.90. The third-order valence-corrected chi connectivity index (χ3v) is 3.34. The van der Waals surface area contributed by atoms with E-state index in [2.05, 4.69) is 45.7 Å². The molecule has 0 aromatic heterocycles. The van der Waals surface area contributed by atoms with Gasteiger partial charge in [0.15, 0.2) is 0 Å². The van der Waals surface area contributed by atoms with E-state index in [9.17, 15) is 4.39 Å². The number of allylic oxidation sites excluding steroid dienone is 1. The molecule has 0 fully saturated rings. The van der Waals surface area contributed by atoms with Gasteiger partial charge in [0.2, 0.25) is 0 Å². The average molecular weight is 336 g/mol. The summed E-state index contributed by atoms with van der Waals surface area (Å²) in [6.45, 7) is 4.20. The molecule has 0 heterocycles. The molecule has 82 valence electrons. The summed E-state index contributed by atoms with van der Waals surface area (Å²) in [4.78, 5) is 0. The predicted molar refractivity (Wildman–Crippen MR) is 70.7 cm³/mol. The van der Waals surface area contributed by atoms with Crippen LogP contribution in [0.1, 0.15) is 19.4 Å². The van der Waals surface area contributed by atoms with E-state index in [-0.39, 0.29) is 5.82 Å². The molecule has 0 spiro atoms. The first-order valence-corrected chi connectivity index (χ1v) is 6.67. The van der Waals surface area contributed by atoms with Gasteiger partial charge in [-0.15, -0.1) is 0 Å². The Hall–Kier alpha value is -0.150. The van der Waals surface area contributed by atoms with Crippen molar-refractivity contribution in [3.63, 3.8) is 0 Å². The van der Waals surface area contributed by atoms with E-state index in [0.29, 0.717) is 11.5 Å². The zero-order chi connectivity index (χ0) is 11.4. The van der Waals surface area contributed by atoms with Gasteiger partial charge in [0.25, 0.3) is 0 Å². The number of benzene rings is 1. The summed E-state index contributed by atoms with van der Waals surface area (Å²) >= 11 is 6.65. The molecular formula is C12H13Br2F. The zero-order valence-corrected chi connectivity index (χ0v) is 11.9. The summed E-state index contributed by atoms with van der Waals surface area (Å²) in [5.41, 5.74) is 1.83. The van der Waals surface area contributed by atoms with E-state index in [0.717, 1.165) is 9.80 Å². The van der Waals surface area contributed by atoms with Gasteiger partial charge >= 0.3 is 0 Å². The van der Waals surface area contributed by atoms with Crippen molar-refractivity contribution in [3.05, 3.63) is 39.6 Å². The number of alkyl halides is 1. The van der Waals surface area contributed by atoms with Crippen molar-refractivity contribution >= 4 is 37.9 Å². The van der Waals surface area contributed by atoms with E-state index in [1.165, 1.54) is 11.6 Å². The molecule has 0 saturated heterocycles. The van der Waals surface area contributed by atoms with Gasteiger partial charge in [-0.05, 0) is 18.1 Å². The standard InChI is InChI=1S/C12H13Br2F/c1-8(2)10(7-13)5-9-3-4-11(14)6-12(9)15/h3-6,8H,7H2,1-2H3. The quantitative estimate of drug-likeness (QED) is 0.680. The van der Waals surface area contributed by atoms with Gasteiger partial charge in [-0.3, -0.25) is 0 Å². The largest absolute Gasteiger partial charge is 0.206 e. The van der Waals surface area contributed by atoms with Crippen molar-refractivity contribution in [1.29, 1.82) is 0 Å². The van der Waals surface area contributed by atoms with Gasteiger partial charge in [-0.2, -0.15) is 0 Å². The molecule has 0 N–H and O–H groups in total. The van der Waals surface area contributed by atoms with Crippen molar-refractivity contribution in [2.45, 2.75) is 13.8 Å². The van der Waals surface area contributed by atoms with Crippen LogP contribution in [0.25, 0.3) is 6.08 Å². The fraction of sp³-hybridized carbons (Fsp3) is 0.333. The van der Waals surface area contributed by atoms with Crippen molar-refractivity contribution in [2.24, 2.45) is 5.92 Å². The molecule has 0 saturated carbocycles. The molecule has 0 nitrogen and oxygen atoms in total. The molecule has 1 rings (SSSR count). The van der Waals surface area contributed by atoms with Crippen LogP contribution in [0.4, 0.5) is 4.39 Å². The van der Waals surface area contributed by atoms with Crippen LogP contribution in [-0.4, -0.2) is 5.33 Å². The summed E-state index contributed by atoms with van der Waals surface area (Å²) in [7, 11) is 0. The second kappa shape index (κ2) is 5.80. The Bertz CT molecular complexity index is 370. The number of rotatable bonds is 3. The van der Waals surface area contributed by atoms with Crippen LogP contribution < -0.4 is 0 Å². The molecule has 0 aliphatic rings. The molecule has 0 aliphatic heterocycles. The minimum Gasteiger partial charge on any atom is -0.206 e. The van der Waals surface area contributed by atoms with Crippen LogP contribution in [0.15, 0.2) is 28.2 Å². The lowest BCUT2D eigenvalue weighted by Gasteiger charge is -2.08. The lowest BCUT2D eigenvalue weighted by atomic mass is 10.0. The lowest BCUT2D eigenvalue weighted by Crippen LogP contribution is -1.95. The Morgan fingerprint density at radius 1 is 1.47 bits per heavy atom. The third kappa shape index (κ3) is 3.72. The lowest BCUT2D eigenvalue weighted by molar-refractivity contribution is 0.623. The van der Waals surface area contributed by atoms with E-state index in [4.69, 9.17) is 0 Å². The van der Waals surface area contributed by atoms with Gasteiger partial charge in [-0.1, -0.05) is 63.4 Å². The van der Waals surface area contributed by atoms with E-state index < -0.39 is 0 Å². The third-order valence-electron chi connectivity index (χ3n) is 2.20.